The quantitative estimate of drug-likeness (QED) is 0.720. The molecule has 0 aromatic carbocycles. The first-order valence-corrected chi connectivity index (χ1v) is 7.29. The Labute approximate surface area is 114 Å². The number of thioether (sulfide) groups is 1. The number of rotatable bonds is 7. The molecule has 2 N–H and O–H groups in total. The van der Waals surface area contributed by atoms with Gasteiger partial charge < -0.3 is 15.2 Å². The van der Waals surface area contributed by atoms with Crippen molar-refractivity contribution in [2.75, 3.05) is 19.5 Å². The average molecular weight is 289 g/mol. The van der Waals surface area contributed by atoms with Crippen LogP contribution in [0.1, 0.15) is 4.88 Å². The molecule has 0 radical (unpaired) electrons. The van der Waals surface area contributed by atoms with Gasteiger partial charge in [0.1, 0.15) is 0 Å². The van der Waals surface area contributed by atoms with E-state index in [2.05, 4.69) is 10.1 Å². The van der Waals surface area contributed by atoms with Crippen molar-refractivity contribution < 1.29 is 19.4 Å². The van der Waals surface area contributed by atoms with Gasteiger partial charge in [-0.2, -0.15) is 0 Å². The van der Waals surface area contributed by atoms with E-state index in [-0.39, 0.29) is 11.7 Å². The van der Waals surface area contributed by atoms with E-state index in [0.29, 0.717) is 0 Å². The third kappa shape index (κ3) is 5.07. The van der Waals surface area contributed by atoms with Gasteiger partial charge in [-0.05, 0) is 11.4 Å². The summed E-state index contributed by atoms with van der Waals surface area (Å²) in [6.45, 7) is -0.464. The summed E-state index contributed by atoms with van der Waals surface area (Å²) in [5, 5.41) is 13.3. The number of hydrogen-bond acceptors (Lipinski definition) is 6. The van der Waals surface area contributed by atoms with Gasteiger partial charge in [0.2, 0.25) is 5.91 Å². The van der Waals surface area contributed by atoms with Crippen molar-refractivity contribution in [3.8, 4) is 0 Å². The van der Waals surface area contributed by atoms with Crippen LogP contribution in [0.25, 0.3) is 0 Å². The maximum absolute atomic E-state index is 11.5. The molecule has 0 aliphatic carbocycles. The zero-order valence-electron chi connectivity index (χ0n) is 9.92. The topological polar surface area (TPSA) is 75.6 Å². The van der Waals surface area contributed by atoms with Gasteiger partial charge in [-0.1, -0.05) is 6.07 Å². The molecule has 0 saturated carbocycles. The second-order valence-electron chi connectivity index (χ2n) is 3.40. The van der Waals surface area contributed by atoms with Crippen LogP contribution in [-0.2, 0) is 20.1 Å². The fourth-order valence-corrected chi connectivity index (χ4v) is 2.88. The number of aliphatic hydroxyl groups excluding tert-OH is 1. The SMILES string of the molecule is COC(=O)C(CO)NC(=O)CSCc1cccs1. The smallest absolute Gasteiger partial charge is 0.330 e. The van der Waals surface area contributed by atoms with Gasteiger partial charge in [0, 0.05) is 10.6 Å². The highest BCUT2D eigenvalue weighted by Gasteiger charge is 2.19. The Hall–Kier alpha value is -1.05. The van der Waals surface area contributed by atoms with Crippen LogP contribution in [-0.4, -0.2) is 42.5 Å². The van der Waals surface area contributed by atoms with Crippen LogP contribution in [0.2, 0.25) is 0 Å². The summed E-state index contributed by atoms with van der Waals surface area (Å²) in [5.74, 6) is 0.0634. The van der Waals surface area contributed by atoms with E-state index in [1.807, 2.05) is 17.5 Å². The molecule has 0 aliphatic rings. The molecule has 1 unspecified atom stereocenters. The number of carbonyl (C=O) groups excluding carboxylic acids is 2. The summed E-state index contributed by atoms with van der Waals surface area (Å²) in [7, 11) is 1.21. The molecule has 0 fully saturated rings. The lowest BCUT2D eigenvalue weighted by Gasteiger charge is -2.13. The fraction of sp³-hybridized carbons (Fsp3) is 0.455. The van der Waals surface area contributed by atoms with E-state index in [0.717, 1.165) is 5.75 Å². The second-order valence-corrected chi connectivity index (χ2v) is 5.42. The maximum atomic E-state index is 11.5. The average Bonchev–Trinajstić information content (AvgIpc) is 2.88. The Balaban J connectivity index is 2.26. The van der Waals surface area contributed by atoms with Gasteiger partial charge in [0.05, 0.1) is 19.5 Å². The Kier molecular flexibility index (Phi) is 6.77. The summed E-state index contributed by atoms with van der Waals surface area (Å²) >= 11 is 3.09. The Morgan fingerprint density at radius 3 is 2.94 bits per heavy atom. The Morgan fingerprint density at radius 2 is 2.39 bits per heavy atom. The summed E-state index contributed by atoms with van der Waals surface area (Å²) in [6, 6.07) is 2.98. The number of methoxy groups -OCH3 is 1. The third-order valence-electron chi connectivity index (χ3n) is 2.06. The van der Waals surface area contributed by atoms with Gasteiger partial charge in [-0.15, -0.1) is 23.1 Å². The van der Waals surface area contributed by atoms with Crippen LogP contribution >= 0.6 is 23.1 Å². The van der Waals surface area contributed by atoms with Crippen molar-refractivity contribution in [1.82, 2.24) is 5.32 Å². The van der Waals surface area contributed by atoms with Crippen molar-refractivity contribution in [2.24, 2.45) is 0 Å². The summed E-state index contributed by atoms with van der Waals surface area (Å²) < 4.78 is 4.45. The van der Waals surface area contributed by atoms with Crippen molar-refractivity contribution in [2.45, 2.75) is 11.8 Å². The Morgan fingerprint density at radius 1 is 1.61 bits per heavy atom. The van der Waals surface area contributed by atoms with E-state index in [4.69, 9.17) is 5.11 Å². The summed E-state index contributed by atoms with van der Waals surface area (Å²) in [6.07, 6.45) is 0. The minimum Gasteiger partial charge on any atom is -0.467 e. The number of thiophene rings is 1. The molecule has 0 spiro atoms. The predicted molar refractivity (Wildman–Crippen MR) is 71.5 cm³/mol. The molecule has 5 nitrogen and oxygen atoms in total. The third-order valence-corrected chi connectivity index (χ3v) is 4.10. The number of carbonyl (C=O) groups is 2. The molecule has 1 rings (SSSR count). The minimum atomic E-state index is -0.982. The van der Waals surface area contributed by atoms with Crippen molar-refractivity contribution >= 4 is 35.0 Å². The zero-order valence-corrected chi connectivity index (χ0v) is 11.6. The molecular formula is C11H15NO4S2. The fourth-order valence-electron chi connectivity index (χ4n) is 1.20. The van der Waals surface area contributed by atoms with Crippen LogP contribution in [0.15, 0.2) is 17.5 Å². The number of esters is 1. The lowest BCUT2D eigenvalue weighted by molar-refractivity contribution is -0.145. The molecular weight excluding hydrogens is 274 g/mol. The first-order valence-electron chi connectivity index (χ1n) is 5.25. The molecule has 7 heteroatoms. The minimum absolute atomic E-state index is 0.241. The Bertz CT molecular complexity index is 380. The molecule has 1 atom stereocenters. The van der Waals surface area contributed by atoms with E-state index in [1.165, 1.54) is 23.7 Å². The standard InChI is InChI=1S/C11H15NO4S2/c1-16-11(15)9(5-13)12-10(14)7-17-6-8-3-2-4-18-8/h2-4,9,13H,5-7H2,1H3,(H,12,14). The summed E-state index contributed by atoms with van der Waals surface area (Å²) in [5.41, 5.74) is 0. The number of hydrogen-bond donors (Lipinski definition) is 2. The number of ether oxygens (including phenoxy) is 1. The van der Waals surface area contributed by atoms with Crippen molar-refractivity contribution in [1.29, 1.82) is 0 Å². The van der Waals surface area contributed by atoms with Crippen molar-refractivity contribution in [3.63, 3.8) is 0 Å². The molecule has 100 valence electrons. The highest BCUT2D eigenvalue weighted by molar-refractivity contribution is 7.99. The number of nitrogens with one attached hydrogen (secondary N) is 1. The number of amides is 1. The van der Waals surface area contributed by atoms with Gasteiger partial charge in [-0.25, -0.2) is 4.79 Å². The highest BCUT2D eigenvalue weighted by atomic mass is 32.2. The first kappa shape index (κ1) is 15.0. The van der Waals surface area contributed by atoms with Crippen LogP contribution < -0.4 is 5.32 Å². The highest BCUT2D eigenvalue weighted by Crippen LogP contribution is 2.16. The van der Waals surface area contributed by atoms with Gasteiger partial charge in [0.25, 0.3) is 0 Å². The molecule has 0 aliphatic heterocycles. The predicted octanol–water partition coefficient (Wildman–Crippen LogP) is 0.631. The van der Waals surface area contributed by atoms with Crippen molar-refractivity contribution in [3.05, 3.63) is 22.4 Å². The normalized spacial score (nSPS) is 11.9. The second kappa shape index (κ2) is 8.12. The lowest BCUT2D eigenvalue weighted by Crippen LogP contribution is -2.44. The monoisotopic (exact) mass is 289 g/mol. The largest absolute Gasteiger partial charge is 0.467 e. The van der Waals surface area contributed by atoms with Crippen LogP contribution in [0.4, 0.5) is 0 Å². The van der Waals surface area contributed by atoms with E-state index < -0.39 is 18.6 Å². The molecule has 1 aromatic heterocycles. The maximum Gasteiger partial charge on any atom is 0.330 e. The molecule has 1 amide bonds. The molecule has 0 bridgehead atoms. The van der Waals surface area contributed by atoms with Gasteiger partial charge >= 0.3 is 5.97 Å². The first-order chi connectivity index (χ1) is 8.67. The summed E-state index contributed by atoms with van der Waals surface area (Å²) in [4.78, 5) is 23.8. The van der Waals surface area contributed by atoms with Gasteiger partial charge in [-0.3, -0.25) is 4.79 Å². The lowest BCUT2D eigenvalue weighted by atomic mass is 10.3. The van der Waals surface area contributed by atoms with E-state index in [9.17, 15) is 9.59 Å². The van der Waals surface area contributed by atoms with Crippen LogP contribution in [0, 0.1) is 0 Å². The zero-order chi connectivity index (χ0) is 13.4. The molecule has 1 heterocycles. The molecule has 1 aromatic rings. The number of aliphatic hydroxyl groups is 1. The van der Waals surface area contributed by atoms with E-state index >= 15 is 0 Å². The van der Waals surface area contributed by atoms with Crippen LogP contribution in [0.3, 0.4) is 0 Å². The molecule has 0 saturated heterocycles. The van der Waals surface area contributed by atoms with Gasteiger partial charge in [0.15, 0.2) is 6.04 Å². The molecule has 18 heavy (non-hydrogen) atoms. The van der Waals surface area contributed by atoms with Crippen LogP contribution in [0.5, 0.6) is 0 Å². The van der Waals surface area contributed by atoms with E-state index in [1.54, 1.807) is 11.3 Å².